The van der Waals surface area contributed by atoms with Gasteiger partial charge >= 0.3 is 6.18 Å². The lowest BCUT2D eigenvalue weighted by Gasteiger charge is -2.23. The molecule has 1 aromatic rings. The van der Waals surface area contributed by atoms with E-state index in [1.54, 1.807) is 24.3 Å². The van der Waals surface area contributed by atoms with Crippen molar-refractivity contribution in [3.05, 3.63) is 41.3 Å². The number of allylic oxidation sites excluding steroid dienone is 1. The fourth-order valence-electron chi connectivity index (χ4n) is 2.09. The maximum atomic E-state index is 12.9. The fraction of sp³-hybridized carbons (Fsp3) is 0.400. The number of para-hydroxylation sites is 1. The topological polar surface area (TPSA) is 47.6 Å². The number of rotatable bonds is 3. The number of carbonyl (C=O) groups excluding carboxylic acids is 1. The Bertz CT molecular complexity index is 594. The van der Waals surface area contributed by atoms with Crippen LogP contribution >= 0.6 is 0 Å². The third-order valence-corrected chi connectivity index (χ3v) is 3.08. The largest absolute Gasteiger partial charge is 0.483 e. The molecule has 1 aliphatic rings. The zero-order valence-electron chi connectivity index (χ0n) is 12.2. The Hall–Kier alpha value is -2.18. The third kappa shape index (κ3) is 3.52. The van der Waals surface area contributed by atoms with Gasteiger partial charge < -0.3 is 14.8 Å². The molecule has 0 radical (unpaired) electrons. The van der Waals surface area contributed by atoms with Gasteiger partial charge in [-0.05, 0) is 17.5 Å². The van der Waals surface area contributed by atoms with Crippen molar-refractivity contribution in [2.45, 2.75) is 25.9 Å². The van der Waals surface area contributed by atoms with E-state index >= 15 is 0 Å². The Morgan fingerprint density at radius 3 is 2.45 bits per heavy atom. The van der Waals surface area contributed by atoms with Crippen molar-refractivity contribution < 1.29 is 27.4 Å². The predicted octanol–water partition coefficient (Wildman–Crippen LogP) is 3.57. The van der Waals surface area contributed by atoms with Crippen molar-refractivity contribution >= 4 is 11.6 Å². The zero-order chi connectivity index (χ0) is 16.3. The van der Waals surface area contributed by atoms with E-state index in [1.807, 2.05) is 13.8 Å². The average molecular weight is 315 g/mol. The summed E-state index contributed by atoms with van der Waals surface area (Å²) < 4.78 is 48.0. The smallest absolute Gasteiger partial charge is 0.453 e. The summed E-state index contributed by atoms with van der Waals surface area (Å²) >= 11 is 0. The molecule has 0 fully saturated rings. The number of benzene rings is 1. The molecular weight excluding hydrogens is 299 g/mol. The van der Waals surface area contributed by atoms with E-state index in [1.165, 1.54) is 0 Å². The van der Waals surface area contributed by atoms with Crippen LogP contribution in [0, 0.1) is 0 Å². The Morgan fingerprint density at radius 1 is 1.18 bits per heavy atom. The number of carbonyl (C=O) groups is 1. The van der Waals surface area contributed by atoms with Crippen LogP contribution in [-0.2, 0) is 14.3 Å². The number of alkyl halides is 3. The Morgan fingerprint density at radius 2 is 1.82 bits per heavy atom. The summed E-state index contributed by atoms with van der Waals surface area (Å²) in [6, 6.07) is 6.92. The summed E-state index contributed by atoms with van der Waals surface area (Å²) in [6.45, 7) is 3.50. The molecular formula is C15H16F3NO3. The number of amides is 1. The second kappa shape index (κ2) is 6.29. The molecule has 0 spiro atoms. The first-order valence-electron chi connectivity index (χ1n) is 6.78. The van der Waals surface area contributed by atoms with Gasteiger partial charge in [-0.3, -0.25) is 4.79 Å². The quantitative estimate of drug-likeness (QED) is 0.927. The number of hydrogen-bond acceptors (Lipinski definition) is 3. The molecule has 1 heterocycles. The molecule has 0 aromatic heterocycles. The lowest BCUT2D eigenvalue weighted by molar-refractivity contribution is -0.151. The molecule has 1 aliphatic heterocycles. The molecule has 0 atom stereocenters. The number of halogens is 3. The summed E-state index contributed by atoms with van der Waals surface area (Å²) in [5.41, 5.74) is 1.27. The highest BCUT2D eigenvalue weighted by Gasteiger charge is 2.43. The summed E-state index contributed by atoms with van der Waals surface area (Å²) in [6.07, 6.45) is -4.77. The van der Waals surface area contributed by atoms with Crippen LogP contribution in [0.3, 0.4) is 0 Å². The first-order valence-corrected chi connectivity index (χ1v) is 6.78. The molecule has 1 aromatic carbocycles. The van der Waals surface area contributed by atoms with Gasteiger partial charge in [-0.15, -0.1) is 0 Å². The Kier molecular flexibility index (Phi) is 4.63. The molecule has 0 aliphatic carbocycles. The van der Waals surface area contributed by atoms with E-state index in [0.29, 0.717) is 5.69 Å². The summed E-state index contributed by atoms with van der Waals surface area (Å²) in [5.74, 6) is -3.09. The van der Waals surface area contributed by atoms with Crippen LogP contribution in [0.2, 0.25) is 0 Å². The number of anilines is 1. The zero-order valence-corrected chi connectivity index (χ0v) is 12.2. The highest BCUT2D eigenvalue weighted by Crippen LogP contribution is 2.32. The van der Waals surface area contributed by atoms with Crippen LogP contribution in [0.4, 0.5) is 18.9 Å². The van der Waals surface area contributed by atoms with Crippen LogP contribution in [0.5, 0.6) is 0 Å². The van der Waals surface area contributed by atoms with E-state index in [0.717, 1.165) is 5.56 Å². The van der Waals surface area contributed by atoms with Crippen LogP contribution in [0.15, 0.2) is 35.8 Å². The summed E-state index contributed by atoms with van der Waals surface area (Å²) in [5, 5.41) is 2.46. The second-order valence-corrected chi connectivity index (χ2v) is 5.05. The number of ether oxygens (including phenoxy) is 2. The van der Waals surface area contributed by atoms with Crippen molar-refractivity contribution in [2.24, 2.45) is 0 Å². The Labute approximate surface area is 125 Å². The highest BCUT2D eigenvalue weighted by atomic mass is 19.4. The molecule has 0 bridgehead atoms. The van der Waals surface area contributed by atoms with Crippen molar-refractivity contribution in [3.8, 4) is 0 Å². The fourth-order valence-corrected chi connectivity index (χ4v) is 2.09. The van der Waals surface area contributed by atoms with E-state index in [2.05, 4.69) is 10.1 Å². The van der Waals surface area contributed by atoms with Gasteiger partial charge in [0.05, 0.1) is 0 Å². The molecule has 0 saturated heterocycles. The standard InChI is InChI=1S/C15H16F3NO3/c1-9(2)10-5-3-4-6-11(10)19-14(20)12-13(15(16,17)18)22-8-7-21-12/h3-6,9H,7-8H2,1-2H3,(H,19,20). The molecule has 2 rings (SSSR count). The normalized spacial score (nSPS) is 15.4. The third-order valence-electron chi connectivity index (χ3n) is 3.08. The molecule has 0 unspecified atom stereocenters. The predicted molar refractivity (Wildman–Crippen MR) is 74.1 cm³/mol. The van der Waals surface area contributed by atoms with Gasteiger partial charge in [0.25, 0.3) is 5.91 Å². The van der Waals surface area contributed by atoms with Crippen LogP contribution in [0.25, 0.3) is 0 Å². The SMILES string of the molecule is CC(C)c1ccccc1NC(=O)C1=C(C(F)(F)F)OCCO1. The highest BCUT2D eigenvalue weighted by molar-refractivity contribution is 6.03. The van der Waals surface area contributed by atoms with Crippen molar-refractivity contribution in [1.29, 1.82) is 0 Å². The number of nitrogens with one attached hydrogen (secondary N) is 1. The van der Waals surface area contributed by atoms with Crippen molar-refractivity contribution in [1.82, 2.24) is 0 Å². The van der Waals surface area contributed by atoms with Gasteiger partial charge in [0.2, 0.25) is 11.5 Å². The number of hydrogen-bond donors (Lipinski definition) is 1. The van der Waals surface area contributed by atoms with Crippen LogP contribution < -0.4 is 5.32 Å². The van der Waals surface area contributed by atoms with E-state index in [-0.39, 0.29) is 19.1 Å². The van der Waals surface area contributed by atoms with E-state index < -0.39 is 23.6 Å². The summed E-state index contributed by atoms with van der Waals surface area (Å²) in [4.78, 5) is 12.1. The van der Waals surface area contributed by atoms with Gasteiger partial charge in [0.15, 0.2) is 0 Å². The average Bonchev–Trinajstić information content (AvgIpc) is 2.46. The molecule has 7 heteroatoms. The minimum absolute atomic E-state index is 0.103. The van der Waals surface area contributed by atoms with Crippen LogP contribution in [0.1, 0.15) is 25.3 Å². The lowest BCUT2D eigenvalue weighted by Crippen LogP contribution is -2.30. The monoisotopic (exact) mass is 315 g/mol. The van der Waals surface area contributed by atoms with Crippen molar-refractivity contribution in [3.63, 3.8) is 0 Å². The Balaban J connectivity index is 2.30. The van der Waals surface area contributed by atoms with Crippen molar-refractivity contribution in [2.75, 3.05) is 18.5 Å². The molecule has 1 N–H and O–H groups in total. The van der Waals surface area contributed by atoms with Gasteiger partial charge in [0, 0.05) is 5.69 Å². The first-order chi connectivity index (χ1) is 10.3. The van der Waals surface area contributed by atoms with E-state index in [4.69, 9.17) is 4.74 Å². The first kappa shape index (κ1) is 16.2. The van der Waals surface area contributed by atoms with Gasteiger partial charge in [-0.25, -0.2) is 0 Å². The maximum absolute atomic E-state index is 12.9. The van der Waals surface area contributed by atoms with Crippen LogP contribution in [-0.4, -0.2) is 25.3 Å². The van der Waals surface area contributed by atoms with Gasteiger partial charge in [0.1, 0.15) is 13.2 Å². The molecule has 4 nitrogen and oxygen atoms in total. The molecule has 1 amide bonds. The molecule has 0 saturated carbocycles. The van der Waals surface area contributed by atoms with E-state index in [9.17, 15) is 18.0 Å². The summed E-state index contributed by atoms with van der Waals surface area (Å²) in [7, 11) is 0. The molecule has 22 heavy (non-hydrogen) atoms. The maximum Gasteiger partial charge on any atom is 0.453 e. The van der Waals surface area contributed by atoms with Gasteiger partial charge in [-0.1, -0.05) is 32.0 Å². The minimum atomic E-state index is -4.77. The second-order valence-electron chi connectivity index (χ2n) is 5.05. The van der Waals surface area contributed by atoms with Gasteiger partial charge in [-0.2, -0.15) is 13.2 Å². The minimum Gasteiger partial charge on any atom is -0.483 e. The lowest BCUT2D eigenvalue weighted by atomic mass is 10.0. The molecule has 120 valence electrons.